The van der Waals surface area contributed by atoms with Crippen LogP contribution in [0.4, 0.5) is 0 Å². The van der Waals surface area contributed by atoms with Gasteiger partial charge in [0.05, 0.1) is 6.54 Å². The first-order chi connectivity index (χ1) is 12.4. The number of hydrogen-bond donors (Lipinski definition) is 1. The Morgan fingerprint density at radius 3 is 2.50 bits per heavy atom. The number of thiophene rings is 1. The van der Waals surface area contributed by atoms with Crippen LogP contribution in [0.15, 0.2) is 40.9 Å². The van der Waals surface area contributed by atoms with E-state index in [1.54, 1.807) is 28.8 Å². The quantitative estimate of drug-likeness (QED) is 0.798. The minimum absolute atomic E-state index is 0.131. The molecule has 1 aliphatic heterocycles. The smallest absolute Gasteiger partial charge is 0.252 e. The van der Waals surface area contributed by atoms with Gasteiger partial charge < -0.3 is 5.32 Å². The first-order valence-electron chi connectivity index (χ1n) is 8.40. The lowest BCUT2D eigenvalue weighted by Gasteiger charge is -2.33. The Labute approximate surface area is 157 Å². The lowest BCUT2D eigenvalue weighted by molar-refractivity contribution is -0.119. The third-order valence-electron chi connectivity index (χ3n) is 4.23. The van der Waals surface area contributed by atoms with Gasteiger partial charge in [-0.3, -0.25) is 14.7 Å². The topological polar surface area (TPSA) is 82.6 Å². The molecule has 1 fully saturated rings. The molecular weight excluding hydrogens is 372 g/mol. The van der Waals surface area contributed by atoms with E-state index in [0.717, 1.165) is 11.4 Å². The van der Waals surface area contributed by atoms with Crippen molar-refractivity contribution in [2.45, 2.75) is 24.2 Å². The average molecular weight is 395 g/mol. The van der Waals surface area contributed by atoms with Crippen LogP contribution < -0.4 is 5.32 Å². The standard InChI is InChI=1S/C17H22N4O3S2/c1-14(22)19-12-16-2-3-17(25-16)26(23,24)21-10-8-20(9-11-21)13-15-4-6-18-7-5-15/h2-7H,8-13H2,1H3,(H,19,22). The number of amides is 1. The molecule has 0 atom stereocenters. The Hall–Kier alpha value is -1.81. The van der Waals surface area contributed by atoms with Crippen LogP contribution >= 0.6 is 11.3 Å². The Kier molecular flexibility index (Phi) is 6.02. The van der Waals surface area contributed by atoms with Crippen LogP contribution in [0.3, 0.4) is 0 Å². The number of aromatic nitrogens is 1. The predicted molar refractivity (Wildman–Crippen MR) is 100 cm³/mol. The van der Waals surface area contributed by atoms with Gasteiger partial charge in [0.25, 0.3) is 10.0 Å². The molecule has 140 valence electrons. The highest BCUT2D eigenvalue weighted by molar-refractivity contribution is 7.91. The summed E-state index contributed by atoms with van der Waals surface area (Å²) in [5, 5.41) is 2.69. The number of carbonyl (C=O) groups is 1. The lowest BCUT2D eigenvalue weighted by Crippen LogP contribution is -2.48. The molecule has 0 bridgehead atoms. The van der Waals surface area contributed by atoms with Gasteiger partial charge in [0, 0.05) is 56.9 Å². The van der Waals surface area contributed by atoms with E-state index in [0.29, 0.717) is 36.9 Å². The number of pyridine rings is 1. The van der Waals surface area contributed by atoms with Gasteiger partial charge in [-0.05, 0) is 29.8 Å². The molecule has 1 aliphatic rings. The van der Waals surface area contributed by atoms with Gasteiger partial charge in [0.2, 0.25) is 5.91 Å². The maximum atomic E-state index is 12.8. The second kappa shape index (κ2) is 8.26. The molecule has 0 radical (unpaired) electrons. The van der Waals surface area contributed by atoms with E-state index in [1.807, 2.05) is 12.1 Å². The van der Waals surface area contributed by atoms with Crippen molar-refractivity contribution in [3.05, 3.63) is 47.1 Å². The molecule has 9 heteroatoms. The zero-order valence-electron chi connectivity index (χ0n) is 14.6. The monoisotopic (exact) mass is 394 g/mol. The van der Waals surface area contributed by atoms with Gasteiger partial charge in [0.15, 0.2) is 0 Å². The van der Waals surface area contributed by atoms with Crippen LogP contribution in [-0.4, -0.2) is 54.7 Å². The molecule has 3 rings (SSSR count). The van der Waals surface area contributed by atoms with E-state index >= 15 is 0 Å². The summed E-state index contributed by atoms with van der Waals surface area (Å²) in [5.74, 6) is -0.131. The second-order valence-electron chi connectivity index (χ2n) is 6.17. The third kappa shape index (κ3) is 4.67. The molecule has 7 nitrogen and oxygen atoms in total. The summed E-state index contributed by atoms with van der Waals surface area (Å²) in [6, 6.07) is 7.34. The van der Waals surface area contributed by atoms with Gasteiger partial charge in [-0.15, -0.1) is 11.3 Å². The molecule has 0 saturated carbocycles. The number of hydrogen-bond acceptors (Lipinski definition) is 6. The van der Waals surface area contributed by atoms with Gasteiger partial charge in [-0.25, -0.2) is 8.42 Å². The molecule has 0 aromatic carbocycles. The number of nitrogens with zero attached hydrogens (tertiary/aromatic N) is 3. The van der Waals surface area contributed by atoms with Gasteiger partial charge >= 0.3 is 0 Å². The maximum absolute atomic E-state index is 12.8. The average Bonchev–Trinajstić information content (AvgIpc) is 3.11. The van der Waals surface area contributed by atoms with Crippen molar-refractivity contribution < 1.29 is 13.2 Å². The van der Waals surface area contributed by atoms with Crippen molar-refractivity contribution in [1.29, 1.82) is 0 Å². The minimum Gasteiger partial charge on any atom is -0.351 e. The van der Waals surface area contributed by atoms with E-state index in [4.69, 9.17) is 0 Å². The molecule has 1 saturated heterocycles. The molecule has 0 spiro atoms. The molecule has 0 aliphatic carbocycles. The second-order valence-corrected chi connectivity index (χ2v) is 9.50. The Morgan fingerprint density at radius 2 is 1.85 bits per heavy atom. The SMILES string of the molecule is CC(=O)NCc1ccc(S(=O)(=O)N2CCN(Cc3ccncc3)CC2)s1. The first-order valence-corrected chi connectivity index (χ1v) is 10.7. The van der Waals surface area contributed by atoms with Gasteiger partial charge in [0.1, 0.15) is 4.21 Å². The molecule has 1 N–H and O–H groups in total. The Bertz CT molecular complexity index is 844. The lowest BCUT2D eigenvalue weighted by atomic mass is 10.2. The summed E-state index contributed by atoms with van der Waals surface area (Å²) < 4.78 is 27.5. The summed E-state index contributed by atoms with van der Waals surface area (Å²) in [6.07, 6.45) is 3.54. The normalized spacial score (nSPS) is 16.5. The van der Waals surface area contributed by atoms with Crippen LogP contribution in [0.25, 0.3) is 0 Å². The minimum atomic E-state index is -3.47. The zero-order valence-corrected chi connectivity index (χ0v) is 16.2. The van der Waals surface area contributed by atoms with Crippen molar-refractivity contribution in [1.82, 2.24) is 19.5 Å². The van der Waals surface area contributed by atoms with Crippen LogP contribution in [0, 0.1) is 0 Å². The molecule has 2 aromatic rings. The fraction of sp³-hybridized carbons (Fsp3) is 0.412. The highest BCUT2D eigenvalue weighted by atomic mass is 32.2. The fourth-order valence-electron chi connectivity index (χ4n) is 2.81. The van der Waals surface area contributed by atoms with E-state index in [-0.39, 0.29) is 5.91 Å². The Morgan fingerprint density at radius 1 is 1.15 bits per heavy atom. The third-order valence-corrected chi connectivity index (χ3v) is 7.68. The van der Waals surface area contributed by atoms with Crippen LogP contribution in [-0.2, 0) is 27.9 Å². The molecule has 0 unspecified atom stereocenters. The summed E-state index contributed by atoms with van der Waals surface area (Å²) in [5.41, 5.74) is 1.18. The van der Waals surface area contributed by atoms with Crippen molar-refractivity contribution >= 4 is 27.3 Å². The van der Waals surface area contributed by atoms with Gasteiger partial charge in [-0.1, -0.05) is 0 Å². The molecule has 1 amide bonds. The van der Waals surface area contributed by atoms with E-state index in [9.17, 15) is 13.2 Å². The first kappa shape index (κ1) is 19.0. The van der Waals surface area contributed by atoms with Crippen LogP contribution in [0.5, 0.6) is 0 Å². The highest BCUT2D eigenvalue weighted by Gasteiger charge is 2.29. The summed E-state index contributed by atoms with van der Waals surface area (Å²) in [7, 11) is -3.47. The fourth-order valence-corrected chi connectivity index (χ4v) is 5.68. The maximum Gasteiger partial charge on any atom is 0.252 e. The van der Waals surface area contributed by atoms with Crippen LogP contribution in [0.2, 0.25) is 0 Å². The van der Waals surface area contributed by atoms with E-state index in [2.05, 4.69) is 15.2 Å². The van der Waals surface area contributed by atoms with E-state index < -0.39 is 10.0 Å². The predicted octanol–water partition coefficient (Wildman–Crippen LogP) is 1.29. The highest BCUT2D eigenvalue weighted by Crippen LogP contribution is 2.26. The van der Waals surface area contributed by atoms with Crippen molar-refractivity contribution in [3.63, 3.8) is 0 Å². The van der Waals surface area contributed by atoms with E-state index in [1.165, 1.54) is 23.8 Å². The number of carbonyl (C=O) groups excluding carboxylic acids is 1. The van der Waals surface area contributed by atoms with Crippen molar-refractivity contribution in [3.8, 4) is 0 Å². The van der Waals surface area contributed by atoms with Crippen LogP contribution in [0.1, 0.15) is 17.4 Å². The van der Waals surface area contributed by atoms with Crippen molar-refractivity contribution in [2.75, 3.05) is 26.2 Å². The zero-order chi connectivity index (χ0) is 18.6. The molecule has 2 aromatic heterocycles. The van der Waals surface area contributed by atoms with Gasteiger partial charge in [-0.2, -0.15) is 4.31 Å². The molecule has 26 heavy (non-hydrogen) atoms. The molecular formula is C17H22N4O3S2. The Balaban J connectivity index is 1.58. The summed E-state index contributed by atoms with van der Waals surface area (Å²) >= 11 is 1.21. The number of piperazine rings is 1. The number of nitrogens with one attached hydrogen (secondary N) is 1. The number of sulfonamides is 1. The number of rotatable bonds is 6. The van der Waals surface area contributed by atoms with Crippen molar-refractivity contribution in [2.24, 2.45) is 0 Å². The summed E-state index contributed by atoms with van der Waals surface area (Å²) in [4.78, 5) is 18.1. The molecule has 3 heterocycles. The summed E-state index contributed by atoms with van der Waals surface area (Å²) in [6.45, 7) is 4.96. The largest absolute Gasteiger partial charge is 0.351 e.